The molecule has 0 saturated heterocycles. The van der Waals surface area contributed by atoms with Gasteiger partial charge in [0.15, 0.2) is 12.4 Å². The van der Waals surface area contributed by atoms with Crippen LogP contribution in [-0.4, -0.2) is 41.0 Å². The Morgan fingerprint density at radius 3 is 2.42 bits per heavy atom. The van der Waals surface area contributed by atoms with Gasteiger partial charge in [-0.25, -0.2) is 14.3 Å². The predicted octanol–water partition coefficient (Wildman–Crippen LogP) is 2.38. The van der Waals surface area contributed by atoms with Crippen LogP contribution in [0.15, 0.2) is 36.5 Å². The van der Waals surface area contributed by atoms with Crippen molar-refractivity contribution in [2.24, 2.45) is 0 Å². The zero-order chi connectivity index (χ0) is 17.7. The van der Waals surface area contributed by atoms with Crippen molar-refractivity contribution >= 4 is 11.9 Å². The Morgan fingerprint density at radius 1 is 1.17 bits per heavy atom. The van der Waals surface area contributed by atoms with Crippen LogP contribution in [0.1, 0.15) is 31.3 Å². The first kappa shape index (κ1) is 17.5. The van der Waals surface area contributed by atoms with E-state index in [0.29, 0.717) is 0 Å². The van der Waals surface area contributed by atoms with Gasteiger partial charge in [0.25, 0.3) is 0 Å². The smallest absolute Gasteiger partial charge is 0.363 e. The number of benzene rings is 1. The van der Waals surface area contributed by atoms with Gasteiger partial charge in [0.05, 0.1) is 19.0 Å². The number of para-hydroxylation sites is 1. The van der Waals surface area contributed by atoms with Gasteiger partial charge in [0.2, 0.25) is 5.69 Å². The molecular formula is C17H20N2O5. The summed E-state index contributed by atoms with van der Waals surface area (Å²) in [4.78, 5) is 23.8. The van der Waals surface area contributed by atoms with E-state index in [-0.39, 0.29) is 11.4 Å². The predicted molar refractivity (Wildman–Crippen MR) is 86.2 cm³/mol. The number of carbonyl (C=O) groups is 2. The summed E-state index contributed by atoms with van der Waals surface area (Å²) in [6.45, 7) is 4.71. The lowest BCUT2D eigenvalue weighted by molar-refractivity contribution is -0.158. The summed E-state index contributed by atoms with van der Waals surface area (Å²) in [7, 11) is 1.43. The molecule has 0 N–H and O–H groups in total. The molecule has 0 amide bonds. The summed E-state index contributed by atoms with van der Waals surface area (Å²) < 4.78 is 16.7. The Hall–Kier alpha value is -2.83. The highest BCUT2D eigenvalue weighted by Gasteiger charge is 2.22. The van der Waals surface area contributed by atoms with Gasteiger partial charge >= 0.3 is 11.9 Å². The van der Waals surface area contributed by atoms with Crippen LogP contribution in [0.4, 0.5) is 0 Å². The van der Waals surface area contributed by atoms with Crippen molar-refractivity contribution in [2.75, 3.05) is 13.7 Å². The first-order valence-corrected chi connectivity index (χ1v) is 7.38. The molecule has 0 aliphatic carbocycles. The SMILES string of the molecule is COc1cn(-c2ccccc2)nc1C(=O)OCC(=O)OC(C)(C)C. The minimum atomic E-state index is -0.757. The molecule has 0 aliphatic heterocycles. The normalized spacial score (nSPS) is 11.0. The van der Waals surface area contributed by atoms with E-state index < -0.39 is 24.1 Å². The average Bonchev–Trinajstić information content (AvgIpc) is 2.96. The molecule has 128 valence electrons. The molecule has 0 unspecified atom stereocenters. The standard InChI is InChI=1S/C17H20N2O5/c1-17(2,3)24-14(20)11-23-16(21)15-13(22-4)10-19(18-15)12-8-6-5-7-9-12/h5-10H,11H2,1-4H3. The molecule has 2 aromatic rings. The summed E-state index contributed by atoms with van der Waals surface area (Å²) in [6, 6.07) is 9.25. The van der Waals surface area contributed by atoms with Gasteiger partial charge in [-0.2, -0.15) is 5.10 Å². The molecule has 1 heterocycles. The Bertz CT molecular complexity index is 716. The molecule has 0 atom stereocenters. The quantitative estimate of drug-likeness (QED) is 0.782. The summed E-state index contributed by atoms with van der Waals surface area (Å²) >= 11 is 0. The second kappa shape index (κ2) is 7.16. The Morgan fingerprint density at radius 2 is 1.83 bits per heavy atom. The summed E-state index contributed by atoms with van der Waals surface area (Å²) in [5.74, 6) is -1.13. The monoisotopic (exact) mass is 332 g/mol. The zero-order valence-corrected chi connectivity index (χ0v) is 14.1. The van der Waals surface area contributed by atoms with E-state index in [1.165, 1.54) is 11.8 Å². The van der Waals surface area contributed by atoms with Crippen molar-refractivity contribution in [3.8, 4) is 11.4 Å². The van der Waals surface area contributed by atoms with Gasteiger partial charge in [-0.3, -0.25) is 0 Å². The maximum atomic E-state index is 12.2. The van der Waals surface area contributed by atoms with Crippen LogP contribution in [-0.2, 0) is 14.3 Å². The van der Waals surface area contributed by atoms with E-state index in [2.05, 4.69) is 5.10 Å². The Labute approximate surface area is 140 Å². The number of nitrogens with zero attached hydrogens (tertiary/aromatic N) is 2. The molecule has 0 aliphatic rings. The Balaban J connectivity index is 2.09. The number of hydrogen-bond donors (Lipinski definition) is 0. The second-order valence-corrected chi connectivity index (χ2v) is 5.99. The average molecular weight is 332 g/mol. The lowest BCUT2D eigenvalue weighted by Crippen LogP contribution is -2.27. The van der Waals surface area contributed by atoms with Crippen LogP contribution in [0.3, 0.4) is 0 Å². The van der Waals surface area contributed by atoms with Crippen LogP contribution in [0.2, 0.25) is 0 Å². The van der Waals surface area contributed by atoms with Crippen LogP contribution < -0.4 is 4.74 Å². The maximum Gasteiger partial charge on any atom is 0.363 e. The van der Waals surface area contributed by atoms with E-state index in [9.17, 15) is 9.59 Å². The van der Waals surface area contributed by atoms with Crippen LogP contribution in [0.25, 0.3) is 5.69 Å². The zero-order valence-electron chi connectivity index (χ0n) is 14.1. The van der Waals surface area contributed by atoms with E-state index >= 15 is 0 Å². The van der Waals surface area contributed by atoms with Crippen LogP contribution in [0.5, 0.6) is 5.75 Å². The molecule has 7 heteroatoms. The molecule has 0 spiro atoms. The fourth-order valence-corrected chi connectivity index (χ4v) is 1.93. The highest BCUT2D eigenvalue weighted by Crippen LogP contribution is 2.20. The third kappa shape index (κ3) is 4.58. The third-order valence-corrected chi connectivity index (χ3v) is 2.86. The molecule has 0 fully saturated rings. The molecule has 7 nitrogen and oxygen atoms in total. The maximum absolute atomic E-state index is 12.2. The lowest BCUT2D eigenvalue weighted by Gasteiger charge is -2.19. The van der Waals surface area contributed by atoms with Crippen molar-refractivity contribution in [1.82, 2.24) is 9.78 Å². The first-order chi connectivity index (χ1) is 11.3. The van der Waals surface area contributed by atoms with Gasteiger partial charge < -0.3 is 14.2 Å². The fraction of sp³-hybridized carbons (Fsp3) is 0.353. The highest BCUT2D eigenvalue weighted by molar-refractivity contribution is 5.91. The molecular weight excluding hydrogens is 312 g/mol. The minimum absolute atomic E-state index is 0.00934. The van der Waals surface area contributed by atoms with Crippen molar-refractivity contribution in [1.29, 1.82) is 0 Å². The number of ether oxygens (including phenoxy) is 3. The lowest BCUT2D eigenvalue weighted by atomic mass is 10.2. The van der Waals surface area contributed by atoms with E-state index in [0.717, 1.165) is 5.69 Å². The largest absolute Gasteiger partial charge is 0.493 e. The number of methoxy groups -OCH3 is 1. The highest BCUT2D eigenvalue weighted by atomic mass is 16.6. The molecule has 0 saturated carbocycles. The van der Waals surface area contributed by atoms with Crippen molar-refractivity contribution < 1.29 is 23.8 Å². The van der Waals surface area contributed by atoms with Gasteiger partial charge in [-0.05, 0) is 32.9 Å². The van der Waals surface area contributed by atoms with E-state index in [4.69, 9.17) is 14.2 Å². The fourth-order valence-electron chi connectivity index (χ4n) is 1.93. The second-order valence-electron chi connectivity index (χ2n) is 5.99. The molecule has 0 bridgehead atoms. The van der Waals surface area contributed by atoms with Crippen molar-refractivity contribution in [3.63, 3.8) is 0 Å². The van der Waals surface area contributed by atoms with Crippen molar-refractivity contribution in [3.05, 3.63) is 42.2 Å². The van der Waals surface area contributed by atoms with E-state index in [1.54, 1.807) is 27.0 Å². The number of aromatic nitrogens is 2. The summed E-state index contributed by atoms with van der Waals surface area (Å²) in [5.41, 5.74) is 0.114. The molecule has 1 aromatic heterocycles. The third-order valence-electron chi connectivity index (χ3n) is 2.86. The molecule has 1 aromatic carbocycles. The topological polar surface area (TPSA) is 79.7 Å². The number of carbonyl (C=O) groups excluding carboxylic acids is 2. The number of hydrogen-bond acceptors (Lipinski definition) is 6. The van der Waals surface area contributed by atoms with Gasteiger partial charge in [0.1, 0.15) is 5.60 Å². The molecule has 24 heavy (non-hydrogen) atoms. The van der Waals surface area contributed by atoms with Crippen LogP contribution in [0, 0.1) is 0 Å². The summed E-state index contributed by atoms with van der Waals surface area (Å²) in [6.07, 6.45) is 1.57. The summed E-state index contributed by atoms with van der Waals surface area (Å²) in [5, 5.41) is 4.17. The van der Waals surface area contributed by atoms with Gasteiger partial charge in [-0.1, -0.05) is 18.2 Å². The van der Waals surface area contributed by atoms with E-state index in [1.807, 2.05) is 30.3 Å². The number of rotatable bonds is 5. The minimum Gasteiger partial charge on any atom is -0.493 e. The Kier molecular flexibility index (Phi) is 5.23. The van der Waals surface area contributed by atoms with Gasteiger partial charge in [0, 0.05) is 0 Å². The number of esters is 2. The molecule has 2 rings (SSSR count). The molecule has 0 radical (unpaired) electrons. The first-order valence-electron chi connectivity index (χ1n) is 7.38. The van der Waals surface area contributed by atoms with Crippen molar-refractivity contribution in [2.45, 2.75) is 26.4 Å². The van der Waals surface area contributed by atoms with Gasteiger partial charge in [-0.15, -0.1) is 0 Å². The van der Waals surface area contributed by atoms with Crippen LogP contribution >= 0.6 is 0 Å².